The number of hydrogen-bond acceptors (Lipinski definition) is 5. The largest absolute Gasteiger partial charge is 0.337 e. The van der Waals surface area contributed by atoms with E-state index in [1.54, 1.807) is 13.8 Å². The number of pyridine rings is 1. The normalized spacial score (nSPS) is 11.5. The number of aryl methyl sites for hydroxylation is 1. The van der Waals surface area contributed by atoms with E-state index in [1.165, 1.54) is 18.5 Å². The summed E-state index contributed by atoms with van der Waals surface area (Å²) in [5.41, 5.74) is 1.26. The predicted octanol–water partition coefficient (Wildman–Crippen LogP) is 2.14. The minimum Gasteiger partial charge on any atom is -0.337 e. The molecule has 96 valence electrons. The van der Waals surface area contributed by atoms with E-state index >= 15 is 0 Å². The molecule has 0 fully saturated rings. The van der Waals surface area contributed by atoms with Crippen LogP contribution in [0.3, 0.4) is 0 Å². The quantitative estimate of drug-likeness (QED) is 0.935. The second-order valence-electron chi connectivity index (χ2n) is 3.67. The maximum Gasteiger partial charge on any atom is 0.265 e. The fourth-order valence-electron chi connectivity index (χ4n) is 1.23. The third kappa shape index (κ3) is 2.46. The summed E-state index contributed by atoms with van der Waals surface area (Å²) in [6.07, 6.45) is 2.55. The number of aromatic nitrogens is 2. The highest BCUT2D eigenvalue weighted by atomic mass is 35.5. The molecule has 2 rings (SSSR count). The van der Waals surface area contributed by atoms with Crippen LogP contribution in [-0.2, 0) is 10.0 Å². The van der Waals surface area contributed by atoms with Gasteiger partial charge in [0.05, 0.1) is 10.7 Å². The molecule has 0 saturated carbocycles. The van der Waals surface area contributed by atoms with Crippen LogP contribution in [0.15, 0.2) is 27.9 Å². The molecule has 0 aliphatic carbocycles. The molecule has 18 heavy (non-hydrogen) atoms. The van der Waals surface area contributed by atoms with Gasteiger partial charge in [-0.05, 0) is 19.9 Å². The number of rotatable bonds is 3. The Bertz CT molecular complexity index is 681. The second-order valence-corrected chi connectivity index (χ2v) is 5.79. The molecule has 0 spiro atoms. The van der Waals surface area contributed by atoms with E-state index in [0.717, 1.165) is 0 Å². The summed E-state index contributed by atoms with van der Waals surface area (Å²) in [5, 5.41) is 3.91. The minimum absolute atomic E-state index is 0.0385. The van der Waals surface area contributed by atoms with E-state index in [1.807, 2.05) is 0 Å². The highest BCUT2D eigenvalue weighted by Crippen LogP contribution is 2.22. The number of halogens is 1. The summed E-state index contributed by atoms with van der Waals surface area (Å²) in [7, 11) is -3.78. The first kappa shape index (κ1) is 12.8. The zero-order valence-electron chi connectivity index (χ0n) is 9.64. The summed E-state index contributed by atoms with van der Waals surface area (Å²) in [6, 6.07) is 1.30. The van der Waals surface area contributed by atoms with Crippen molar-refractivity contribution >= 4 is 27.5 Å². The zero-order valence-corrected chi connectivity index (χ0v) is 11.2. The van der Waals surface area contributed by atoms with Crippen molar-refractivity contribution in [2.75, 3.05) is 4.72 Å². The van der Waals surface area contributed by atoms with Gasteiger partial charge in [0, 0.05) is 18.0 Å². The molecule has 0 bridgehead atoms. The van der Waals surface area contributed by atoms with Crippen LogP contribution in [0, 0.1) is 13.8 Å². The van der Waals surface area contributed by atoms with Gasteiger partial charge in [-0.15, -0.1) is 0 Å². The summed E-state index contributed by atoms with van der Waals surface area (Å²) < 4.78 is 31.2. The van der Waals surface area contributed by atoms with Crippen LogP contribution in [0.1, 0.15) is 11.3 Å². The SMILES string of the molecule is Cc1noc(NS(=O)(=O)c2cncc(Cl)c2)c1C. The smallest absolute Gasteiger partial charge is 0.265 e. The Morgan fingerprint density at radius 3 is 2.61 bits per heavy atom. The highest BCUT2D eigenvalue weighted by Gasteiger charge is 2.19. The van der Waals surface area contributed by atoms with E-state index < -0.39 is 10.0 Å². The molecule has 1 N–H and O–H groups in total. The Kier molecular flexibility index (Phi) is 3.27. The van der Waals surface area contributed by atoms with Gasteiger partial charge >= 0.3 is 0 Å². The van der Waals surface area contributed by atoms with Crippen molar-refractivity contribution in [3.8, 4) is 0 Å². The van der Waals surface area contributed by atoms with Gasteiger partial charge in [-0.3, -0.25) is 4.98 Å². The number of sulfonamides is 1. The summed E-state index contributed by atoms with van der Waals surface area (Å²) in [4.78, 5) is 3.68. The molecule has 0 atom stereocenters. The molecule has 8 heteroatoms. The molecular weight excluding hydrogens is 278 g/mol. The number of hydrogen-bond donors (Lipinski definition) is 1. The van der Waals surface area contributed by atoms with Gasteiger partial charge < -0.3 is 4.52 Å². The first-order valence-electron chi connectivity index (χ1n) is 4.96. The lowest BCUT2D eigenvalue weighted by atomic mass is 10.3. The number of nitrogens with one attached hydrogen (secondary N) is 1. The molecule has 0 saturated heterocycles. The Labute approximate surface area is 109 Å². The average molecular weight is 288 g/mol. The number of anilines is 1. The predicted molar refractivity (Wildman–Crippen MR) is 66.0 cm³/mol. The van der Waals surface area contributed by atoms with Gasteiger partial charge in [0.15, 0.2) is 0 Å². The topological polar surface area (TPSA) is 85.1 Å². The molecule has 6 nitrogen and oxygen atoms in total. The summed E-state index contributed by atoms with van der Waals surface area (Å²) in [6.45, 7) is 3.43. The van der Waals surface area contributed by atoms with Gasteiger partial charge in [-0.1, -0.05) is 16.8 Å². The molecule has 0 aliphatic heterocycles. The Morgan fingerprint density at radius 1 is 1.33 bits per heavy atom. The Morgan fingerprint density at radius 2 is 2.06 bits per heavy atom. The number of nitrogens with zero attached hydrogens (tertiary/aromatic N) is 2. The first-order valence-corrected chi connectivity index (χ1v) is 6.82. The molecule has 2 aromatic rings. The van der Waals surface area contributed by atoms with Gasteiger partial charge in [0.2, 0.25) is 5.88 Å². The second kappa shape index (κ2) is 4.58. The van der Waals surface area contributed by atoms with Gasteiger partial charge in [-0.2, -0.15) is 0 Å². The highest BCUT2D eigenvalue weighted by molar-refractivity contribution is 7.92. The fourth-order valence-corrected chi connectivity index (χ4v) is 2.50. The van der Waals surface area contributed by atoms with E-state index in [-0.39, 0.29) is 15.8 Å². The monoisotopic (exact) mass is 287 g/mol. The molecule has 0 radical (unpaired) electrons. The van der Waals surface area contributed by atoms with Crippen molar-refractivity contribution < 1.29 is 12.9 Å². The Balaban J connectivity index is 2.36. The van der Waals surface area contributed by atoms with E-state index in [9.17, 15) is 8.42 Å². The first-order chi connectivity index (χ1) is 8.40. The maximum atomic E-state index is 12.0. The lowest BCUT2D eigenvalue weighted by Gasteiger charge is -2.05. The molecule has 0 unspecified atom stereocenters. The van der Waals surface area contributed by atoms with E-state index in [4.69, 9.17) is 16.1 Å². The van der Waals surface area contributed by atoms with Gasteiger partial charge in [-0.25, -0.2) is 13.1 Å². The average Bonchev–Trinajstić information content (AvgIpc) is 2.61. The van der Waals surface area contributed by atoms with Crippen molar-refractivity contribution in [1.82, 2.24) is 10.1 Å². The van der Waals surface area contributed by atoms with Crippen molar-refractivity contribution in [3.05, 3.63) is 34.7 Å². The van der Waals surface area contributed by atoms with Crippen LogP contribution in [0.2, 0.25) is 5.02 Å². The van der Waals surface area contributed by atoms with Crippen LogP contribution in [-0.4, -0.2) is 18.6 Å². The molecule has 0 aromatic carbocycles. The lowest BCUT2D eigenvalue weighted by Crippen LogP contribution is -2.13. The molecule has 2 aromatic heterocycles. The van der Waals surface area contributed by atoms with E-state index in [2.05, 4.69) is 14.9 Å². The van der Waals surface area contributed by atoms with Gasteiger partial charge in [0.25, 0.3) is 10.0 Å². The minimum atomic E-state index is -3.78. The molecular formula is C10H10ClN3O3S. The summed E-state index contributed by atoms with van der Waals surface area (Å²) >= 11 is 5.70. The Hall–Kier alpha value is -1.60. The van der Waals surface area contributed by atoms with Crippen molar-refractivity contribution in [2.24, 2.45) is 0 Å². The van der Waals surface area contributed by atoms with Crippen LogP contribution < -0.4 is 4.72 Å². The van der Waals surface area contributed by atoms with Crippen LogP contribution in [0.4, 0.5) is 5.88 Å². The van der Waals surface area contributed by atoms with Crippen molar-refractivity contribution in [3.63, 3.8) is 0 Å². The van der Waals surface area contributed by atoms with Crippen LogP contribution in [0.5, 0.6) is 0 Å². The third-order valence-corrected chi connectivity index (χ3v) is 3.88. The van der Waals surface area contributed by atoms with Crippen molar-refractivity contribution in [1.29, 1.82) is 0 Å². The fraction of sp³-hybridized carbons (Fsp3) is 0.200. The maximum absolute atomic E-state index is 12.0. The van der Waals surface area contributed by atoms with Crippen LogP contribution in [0.25, 0.3) is 0 Å². The lowest BCUT2D eigenvalue weighted by molar-refractivity contribution is 0.430. The molecule has 0 aliphatic rings. The summed E-state index contributed by atoms with van der Waals surface area (Å²) in [5.74, 6) is 0.0903. The van der Waals surface area contributed by atoms with E-state index in [0.29, 0.717) is 11.3 Å². The standard InChI is InChI=1S/C10H10ClN3O3S/c1-6-7(2)13-17-10(6)14-18(15,16)9-3-8(11)4-12-5-9/h3-5,14H,1-2H3. The van der Waals surface area contributed by atoms with Crippen LogP contribution >= 0.6 is 11.6 Å². The third-order valence-electron chi connectivity index (χ3n) is 2.37. The van der Waals surface area contributed by atoms with Crippen molar-refractivity contribution in [2.45, 2.75) is 18.7 Å². The molecule has 2 heterocycles. The van der Waals surface area contributed by atoms with Gasteiger partial charge in [0.1, 0.15) is 4.90 Å². The zero-order chi connectivity index (χ0) is 13.3. The molecule has 0 amide bonds.